The van der Waals surface area contributed by atoms with Crippen molar-refractivity contribution in [3.05, 3.63) is 70.5 Å². The van der Waals surface area contributed by atoms with E-state index in [-0.39, 0.29) is 5.82 Å². The highest BCUT2D eigenvalue weighted by Crippen LogP contribution is 2.08. The number of hydrogen-bond acceptors (Lipinski definition) is 0. The molecule has 2 aromatic carbocycles. The van der Waals surface area contributed by atoms with Gasteiger partial charge in [-0.1, -0.05) is 35.9 Å². The van der Waals surface area contributed by atoms with Gasteiger partial charge in [0.15, 0.2) is 0 Å². The quantitative estimate of drug-likeness (QED) is 0.859. The van der Waals surface area contributed by atoms with Crippen LogP contribution in [0.1, 0.15) is 11.1 Å². The summed E-state index contributed by atoms with van der Waals surface area (Å²) in [5.41, 5.74) is 2.36. The van der Waals surface area contributed by atoms with Gasteiger partial charge in [0.05, 0.1) is 0 Å². The maximum Gasteiger partial charge on any atom is 0.123 e. The molecule has 0 aromatic heterocycles. The fraction of sp³-hybridized carbons (Fsp3) is 0.143. The van der Waals surface area contributed by atoms with Crippen molar-refractivity contribution in [3.63, 3.8) is 0 Å². The molecule has 0 bridgehead atoms. The van der Waals surface area contributed by atoms with Gasteiger partial charge in [-0.15, -0.1) is 0 Å². The molecule has 3 heteroatoms. The van der Waals surface area contributed by atoms with Crippen LogP contribution < -0.4 is 5.32 Å². The van der Waals surface area contributed by atoms with Gasteiger partial charge in [-0.25, -0.2) is 4.39 Å². The summed E-state index contributed by atoms with van der Waals surface area (Å²) >= 11 is 5.81. The summed E-state index contributed by atoms with van der Waals surface area (Å²) in [4.78, 5) is 0. The van der Waals surface area contributed by atoms with Crippen molar-refractivity contribution in [2.24, 2.45) is 0 Å². The van der Waals surface area contributed by atoms with Crippen molar-refractivity contribution in [2.75, 3.05) is 0 Å². The molecular weight excluding hydrogens is 237 g/mol. The minimum Gasteiger partial charge on any atom is -0.339 e. The molecule has 2 rings (SSSR count). The third-order valence-electron chi connectivity index (χ3n) is 2.59. The van der Waals surface area contributed by atoms with Gasteiger partial charge in [-0.3, -0.25) is 0 Å². The Morgan fingerprint density at radius 2 is 1.29 bits per heavy atom. The Bertz CT molecular complexity index is 419. The van der Waals surface area contributed by atoms with E-state index in [1.807, 2.05) is 36.4 Å². The molecule has 0 aliphatic heterocycles. The minimum atomic E-state index is -0.188. The van der Waals surface area contributed by atoms with Crippen LogP contribution in [0.3, 0.4) is 0 Å². The molecule has 0 radical (unpaired) electrons. The third kappa shape index (κ3) is 3.84. The SMILES string of the molecule is Fc1ccc(C[NH2+]Cc2ccc(Cl)cc2)cc1. The lowest BCUT2D eigenvalue weighted by Gasteiger charge is -2.02. The van der Waals surface area contributed by atoms with Crippen LogP contribution in [0.15, 0.2) is 48.5 Å². The molecule has 2 N–H and O–H groups in total. The summed E-state index contributed by atoms with van der Waals surface area (Å²) in [7, 11) is 0. The van der Waals surface area contributed by atoms with Crippen LogP contribution in [0.4, 0.5) is 4.39 Å². The second-order valence-corrected chi connectivity index (χ2v) is 4.39. The van der Waals surface area contributed by atoms with Gasteiger partial charge in [0.1, 0.15) is 18.9 Å². The largest absolute Gasteiger partial charge is 0.339 e. The Hall–Kier alpha value is -1.38. The monoisotopic (exact) mass is 250 g/mol. The van der Waals surface area contributed by atoms with E-state index >= 15 is 0 Å². The highest BCUT2D eigenvalue weighted by molar-refractivity contribution is 6.30. The van der Waals surface area contributed by atoms with E-state index in [1.54, 1.807) is 0 Å². The fourth-order valence-corrected chi connectivity index (χ4v) is 1.77. The predicted molar refractivity (Wildman–Crippen MR) is 67.2 cm³/mol. The maximum atomic E-state index is 12.7. The van der Waals surface area contributed by atoms with Gasteiger partial charge in [-0.05, 0) is 24.3 Å². The Balaban J connectivity index is 1.83. The summed E-state index contributed by atoms with van der Waals surface area (Å²) in [6.45, 7) is 1.75. The summed E-state index contributed by atoms with van der Waals surface area (Å²) in [5.74, 6) is -0.188. The van der Waals surface area contributed by atoms with Crippen LogP contribution >= 0.6 is 11.6 Å². The van der Waals surface area contributed by atoms with Crippen molar-refractivity contribution < 1.29 is 9.71 Å². The second-order valence-electron chi connectivity index (χ2n) is 3.95. The summed E-state index contributed by atoms with van der Waals surface area (Å²) < 4.78 is 12.7. The van der Waals surface area contributed by atoms with Gasteiger partial charge < -0.3 is 5.32 Å². The summed E-state index contributed by atoms with van der Waals surface area (Å²) in [6.07, 6.45) is 0. The highest BCUT2D eigenvalue weighted by Gasteiger charge is 1.98. The zero-order valence-electron chi connectivity index (χ0n) is 9.37. The molecule has 0 aliphatic rings. The number of rotatable bonds is 4. The van der Waals surface area contributed by atoms with Gasteiger partial charge in [0.25, 0.3) is 0 Å². The van der Waals surface area contributed by atoms with E-state index in [9.17, 15) is 4.39 Å². The van der Waals surface area contributed by atoms with Crippen LogP contribution in [-0.2, 0) is 13.1 Å². The molecule has 0 saturated carbocycles. The van der Waals surface area contributed by atoms with Crippen molar-refractivity contribution in [1.82, 2.24) is 0 Å². The van der Waals surface area contributed by atoms with Crippen molar-refractivity contribution in [2.45, 2.75) is 13.1 Å². The highest BCUT2D eigenvalue weighted by atomic mass is 35.5. The smallest absolute Gasteiger partial charge is 0.123 e. The minimum absolute atomic E-state index is 0.188. The van der Waals surface area contributed by atoms with Gasteiger partial charge in [-0.2, -0.15) is 0 Å². The maximum absolute atomic E-state index is 12.7. The number of halogens is 2. The third-order valence-corrected chi connectivity index (χ3v) is 2.84. The number of nitrogens with two attached hydrogens (primary N) is 1. The van der Waals surface area contributed by atoms with Crippen LogP contribution in [0, 0.1) is 5.82 Å². The van der Waals surface area contributed by atoms with E-state index in [4.69, 9.17) is 11.6 Å². The Labute approximate surface area is 105 Å². The molecule has 0 spiro atoms. The van der Waals surface area contributed by atoms with Crippen molar-refractivity contribution >= 4 is 11.6 Å². The lowest BCUT2D eigenvalue weighted by Crippen LogP contribution is -2.80. The molecule has 0 aliphatic carbocycles. The molecule has 0 unspecified atom stereocenters. The first kappa shape index (κ1) is 12.1. The van der Waals surface area contributed by atoms with Gasteiger partial charge in [0, 0.05) is 16.1 Å². The lowest BCUT2D eigenvalue weighted by molar-refractivity contribution is -0.686. The second kappa shape index (κ2) is 5.80. The number of quaternary nitrogens is 1. The van der Waals surface area contributed by atoms with E-state index < -0.39 is 0 Å². The molecular formula is C14H14ClFN+. The Kier molecular flexibility index (Phi) is 4.13. The summed E-state index contributed by atoms with van der Waals surface area (Å²) in [6, 6.07) is 14.4. The Morgan fingerprint density at radius 3 is 1.82 bits per heavy atom. The molecule has 1 nitrogen and oxygen atoms in total. The van der Waals surface area contributed by atoms with Gasteiger partial charge >= 0.3 is 0 Å². The standard InChI is InChI=1S/C14H13ClFN/c15-13-5-1-11(2-6-13)9-17-10-12-3-7-14(16)8-4-12/h1-8,17H,9-10H2/p+1. The van der Waals surface area contributed by atoms with Gasteiger partial charge in [0.2, 0.25) is 0 Å². The van der Waals surface area contributed by atoms with E-state index in [0.29, 0.717) is 0 Å². The average molecular weight is 251 g/mol. The lowest BCUT2D eigenvalue weighted by atomic mass is 10.2. The first-order valence-electron chi connectivity index (χ1n) is 5.54. The van der Waals surface area contributed by atoms with Crippen LogP contribution in [0.2, 0.25) is 5.02 Å². The van der Waals surface area contributed by atoms with E-state index in [2.05, 4.69) is 5.32 Å². The first-order chi connectivity index (χ1) is 8.24. The van der Waals surface area contributed by atoms with E-state index in [0.717, 1.165) is 23.7 Å². The zero-order chi connectivity index (χ0) is 12.1. The van der Waals surface area contributed by atoms with Crippen LogP contribution in [0.5, 0.6) is 0 Å². The van der Waals surface area contributed by atoms with Crippen LogP contribution in [-0.4, -0.2) is 0 Å². The van der Waals surface area contributed by atoms with Crippen LogP contribution in [0.25, 0.3) is 0 Å². The number of hydrogen-bond donors (Lipinski definition) is 1. The number of benzene rings is 2. The van der Waals surface area contributed by atoms with Crippen molar-refractivity contribution in [3.8, 4) is 0 Å². The molecule has 0 saturated heterocycles. The molecule has 0 atom stereocenters. The molecule has 2 aromatic rings. The Morgan fingerprint density at radius 1 is 0.824 bits per heavy atom. The summed E-state index contributed by atoms with van der Waals surface area (Å²) in [5, 5.41) is 2.93. The normalized spacial score (nSPS) is 10.5. The zero-order valence-corrected chi connectivity index (χ0v) is 10.1. The molecule has 0 amide bonds. The van der Waals surface area contributed by atoms with Crippen molar-refractivity contribution in [1.29, 1.82) is 0 Å². The molecule has 0 fully saturated rings. The average Bonchev–Trinajstić information content (AvgIpc) is 2.34. The first-order valence-corrected chi connectivity index (χ1v) is 5.92. The van der Waals surface area contributed by atoms with E-state index in [1.165, 1.54) is 17.7 Å². The molecule has 0 heterocycles. The fourth-order valence-electron chi connectivity index (χ4n) is 1.65. The topological polar surface area (TPSA) is 16.6 Å². The molecule has 88 valence electrons. The predicted octanol–water partition coefficient (Wildman–Crippen LogP) is 2.74. The molecule has 17 heavy (non-hydrogen) atoms.